The zero-order valence-corrected chi connectivity index (χ0v) is 11.5. The van der Waals surface area contributed by atoms with Crippen molar-refractivity contribution >= 4 is 11.7 Å². The Labute approximate surface area is 122 Å². The van der Waals surface area contributed by atoms with Gasteiger partial charge in [0.25, 0.3) is 5.91 Å². The zero-order chi connectivity index (χ0) is 15.2. The molecular weight excluding hydrogens is 269 g/mol. The first kappa shape index (κ1) is 14.7. The maximum atomic E-state index is 12.8. The number of nitrogens with two attached hydrogens (primary N) is 1. The molecule has 0 bridgehead atoms. The first-order chi connectivity index (χ1) is 10.1. The van der Waals surface area contributed by atoms with Crippen molar-refractivity contribution in [1.82, 2.24) is 4.98 Å². The summed E-state index contributed by atoms with van der Waals surface area (Å²) in [6.07, 6.45) is 1.04. The highest BCUT2D eigenvalue weighted by Crippen LogP contribution is 2.13. The van der Waals surface area contributed by atoms with Gasteiger partial charge in [0.2, 0.25) is 0 Å². The van der Waals surface area contributed by atoms with E-state index in [2.05, 4.69) is 22.1 Å². The standard InChI is InChI=1S/C16H14FN3O/c1-11-4-6-14(12(9-11)3-2-8-18)16(21)20-15-7-5-13(17)10-19-15/h4-7,9-10H,8,18H2,1H3,(H,19,20,21). The fourth-order valence-corrected chi connectivity index (χ4v) is 1.74. The largest absolute Gasteiger partial charge is 0.320 e. The Morgan fingerprint density at radius 2 is 2.19 bits per heavy atom. The third-order valence-electron chi connectivity index (χ3n) is 2.71. The average Bonchev–Trinajstić information content (AvgIpc) is 2.47. The topological polar surface area (TPSA) is 68.0 Å². The fourth-order valence-electron chi connectivity index (χ4n) is 1.74. The molecule has 1 aromatic carbocycles. The molecule has 1 aromatic heterocycles. The van der Waals surface area contributed by atoms with Crippen LogP contribution in [0.1, 0.15) is 21.5 Å². The predicted molar refractivity (Wildman–Crippen MR) is 79.3 cm³/mol. The molecule has 0 saturated heterocycles. The smallest absolute Gasteiger partial charge is 0.258 e. The summed E-state index contributed by atoms with van der Waals surface area (Å²) in [5.41, 5.74) is 7.37. The van der Waals surface area contributed by atoms with Crippen LogP contribution in [-0.2, 0) is 0 Å². The van der Waals surface area contributed by atoms with Gasteiger partial charge in [-0.25, -0.2) is 9.37 Å². The van der Waals surface area contributed by atoms with E-state index in [1.54, 1.807) is 6.07 Å². The van der Waals surface area contributed by atoms with Crippen LogP contribution < -0.4 is 11.1 Å². The van der Waals surface area contributed by atoms with Gasteiger partial charge in [-0.2, -0.15) is 0 Å². The third-order valence-corrected chi connectivity index (χ3v) is 2.71. The average molecular weight is 283 g/mol. The maximum Gasteiger partial charge on any atom is 0.258 e. The molecular formula is C16H14FN3O. The Morgan fingerprint density at radius 3 is 2.86 bits per heavy atom. The molecule has 0 atom stereocenters. The van der Waals surface area contributed by atoms with Crippen molar-refractivity contribution in [3.8, 4) is 11.8 Å². The van der Waals surface area contributed by atoms with Crippen molar-refractivity contribution in [2.45, 2.75) is 6.92 Å². The Bertz CT molecular complexity index is 715. The third kappa shape index (κ3) is 3.88. The summed E-state index contributed by atoms with van der Waals surface area (Å²) in [5.74, 6) is 5.07. The second-order valence-corrected chi connectivity index (χ2v) is 4.37. The highest BCUT2D eigenvalue weighted by Gasteiger charge is 2.11. The summed E-state index contributed by atoms with van der Waals surface area (Å²) < 4.78 is 12.8. The number of carbonyl (C=O) groups is 1. The van der Waals surface area contributed by atoms with Crippen molar-refractivity contribution in [2.75, 3.05) is 11.9 Å². The molecule has 0 saturated carbocycles. The Morgan fingerprint density at radius 1 is 1.38 bits per heavy atom. The summed E-state index contributed by atoms with van der Waals surface area (Å²) >= 11 is 0. The number of rotatable bonds is 2. The number of aryl methyl sites for hydroxylation is 1. The van der Waals surface area contributed by atoms with Gasteiger partial charge in [0, 0.05) is 5.56 Å². The van der Waals surface area contributed by atoms with Crippen LogP contribution in [0.3, 0.4) is 0 Å². The summed E-state index contributed by atoms with van der Waals surface area (Å²) in [6.45, 7) is 2.13. The van der Waals surface area contributed by atoms with E-state index >= 15 is 0 Å². The number of carbonyl (C=O) groups excluding carboxylic acids is 1. The Kier molecular flexibility index (Phi) is 4.64. The predicted octanol–water partition coefficient (Wildman–Crippen LogP) is 2.09. The molecule has 0 aliphatic carbocycles. The number of anilines is 1. The first-order valence-corrected chi connectivity index (χ1v) is 6.32. The minimum Gasteiger partial charge on any atom is -0.320 e. The quantitative estimate of drug-likeness (QED) is 0.829. The summed E-state index contributed by atoms with van der Waals surface area (Å²) in [4.78, 5) is 16.0. The van der Waals surface area contributed by atoms with E-state index in [-0.39, 0.29) is 18.3 Å². The lowest BCUT2D eigenvalue weighted by atomic mass is 10.0. The van der Waals surface area contributed by atoms with Gasteiger partial charge in [0.15, 0.2) is 0 Å². The number of hydrogen-bond donors (Lipinski definition) is 2. The molecule has 1 heterocycles. The van der Waals surface area contributed by atoms with E-state index in [9.17, 15) is 9.18 Å². The van der Waals surface area contributed by atoms with Gasteiger partial charge >= 0.3 is 0 Å². The number of pyridine rings is 1. The molecule has 0 radical (unpaired) electrons. The Hall–Kier alpha value is -2.71. The normalized spacial score (nSPS) is 9.67. The van der Waals surface area contributed by atoms with E-state index in [0.717, 1.165) is 11.8 Å². The van der Waals surface area contributed by atoms with Crippen LogP contribution in [0.4, 0.5) is 10.2 Å². The number of aromatic nitrogens is 1. The van der Waals surface area contributed by atoms with Crippen LogP contribution in [0.2, 0.25) is 0 Å². The number of nitrogens with zero attached hydrogens (tertiary/aromatic N) is 1. The summed E-state index contributed by atoms with van der Waals surface area (Å²) in [7, 11) is 0. The molecule has 0 aliphatic rings. The molecule has 106 valence electrons. The maximum absolute atomic E-state index is 12.8. The van der Waals surface area contributed by atoms with E-state index in [1.165, 1.54) is 12.1 Å². The van der Waals surface area contributed by atoms with Crippen LogP contribution in [0.15, 0.2) is 36.5 Å². The first-order valence-electron chi connectivity index (χ1n) is 6.32. The highest BCUT2D eigenvalue weighted by molar-refractivity contribution is 6.05. The second-order valence-electron chi connectivity index (χ2n) is 4.37. The van der Waals surface area contributed by atoms with Crippen LogP contribution >= 0.6 is 0 Å². The molecule has 4 nitrogen and oxygen atoms in total. The molecule has 3 N–H and O–H groups in total. The van der Waals surface area contributed by atoms with Crippen LogP contribution in [0, 0.1) is 24.6 Å². The van der Waals surface area contributed by atoms with Gasteiger partial charge in [-0.1, -0.05) is 17.9 Å². The monoisotopic (exact) mass is 283 g/mol. The number of halogens is 1. The van der Waals surface area contributed by atoms with E-state index in [0.29, 0.717) is 11.1 Å². The van der Waals surface area contributed by atoms with Crippen molar-refractivity contribution in [2.24, 2.45) is 5.73 Å². The van der Waals surface area contributed by atoms with Gasteiger partial charge in [0.05, 0.1) is 18.3 Å². The molecule has 0 spiro atoms. The molecule has 0 fully saturated rings. The van der Waals surface area contributed by atoms with Crippen LogP contribution in [0.25, 0.3) is 0 Å². The molecule has 1 amide bonds. The van der Waals surface area contributed by atoms with E-state index in [1.807, 2.05) is 19.1 Å². The lowest BCUT2D eigenvalue weighted by Crippen LogP contribution is -2.14. The van der Waals surface area contributed by atoms with Crippen molar-refractivity contribution < 1.29 is 9.18 Å². The van der Waals surface area contributed by atoms with Gasteiger partial charge in [-0.3, -0.25) is 4.79 Å². The minimum atomic E-state index is -0.460. The van der Waals surface area contributed by atoms with Gasteiger partial charge in [0.1, 0.15) is 11.6 Å². The van der Waals surface area contributed by atoms with Gasteiger partial charge in [-0.15, -0.1) is 0 Å². The van der Waals surface area contributed by atoms with Crippen molar-refractivity contribution in [3.63, 3.8) is 0 Å². The molecule has 5 heteroatoms. The minimum absolute atomic E-state index is 0.217. The lowest BCUT2D eigenvalue weighted by molar-refractivity contribution is 0.102. The fraction of sp³-hybridized carbons (Fsp3) is 0.125. The molecule has 21 heavy (non-hydrogen) atoms. The van der Waals surface area contributed by atoms with Crippen LogP contribution in [0.5, 0.6) is 0 Å². The summed E-state index contributed by atoms with van der Waals surface area (Å²) in [6, 6.07) is 7.95. The van der Waals surface area contributed by atoms with Crippen LogP contribution in [-0.4, -0.2) is 17.4 Å². The summed E-state index contributed by atoms with van der Waals surface area (Å²) in [5, 5.41) is 2.61. The van der Waals surface area contributed by atoms with Crippen molar-refractivity contribution in [3.05, 3.63) is 59.0 Å². The van der Waals surface area contributed by atoms with Crippen molar-refractivity contribution in [1.29, 1.82) is 0 Å². The highest BCUT2D eigenvalue weighted by atomic mass is 19.1. The van der Waals surface area contributed by atoms with Gasteiger partial charge in [-0.05, 0) is 36.8 Å². The second kappa shape index (κ2) is 6.64. The van der Waals surface area contributed by atoms with E-state index < -0.39 is 5.82 Å². The Balaban J connectivity index is 2.28. The zero-order valence-electron chi connectivity index (χ0n) is 11.5. The molecule has 2 aromatic rings. The molecule has 2 rings (SSSR count). The number of hydrogen-bond acceptors (Lipinski definition) is 3. The lowest BCUT2D eigenvalue weighted by Gasteiger charge is -2.07. The number of nitrogens with one attached hydrogen (secondary N) is 1. The number of amides is 1. The SMILES string of the molecule is Cc1ccc(C(=O)Nc2ccc(F)cn2)c(C#CCN)c1. The van der Waals surface area contributed by atoms with Gasteiger partial charge < -0.3 is 11.1 Å². The molecule has 0 aliphatic heterocycles. The molecule has 0 unspecified atom stereocenters. The van der Waals surface area contributed by atoms with E-state index in [4.69, 9.17) is 5.73 Å². The number of benzene rings is 1.